The summed E-state index contributed by atoms with van der Waals surface area (Å²) in [4.78, 5) is 1.06. The van der Waals surface area contributed by atoms with Gasteiger partial charge in [-0.05, 0) is 42.0 Å². The van der Waals surface area contributed by atoms with Gasteiger partial charge in [-0.15, -0.1) is 11.8 Å². The Morgan fingerprint density at radius 1 is 1.25 bits per heavy atom. The van der Waals surface area contributed by atoms with E-state index in [1.165, 1.54) is 23.9 Å². The molecular weight excluding hydrogens is 363 g/mol. The van der Waals surface area contributed by atoms with E-state index in [0.717, 1.165) is 9.37 Å². The van der Waals surface area contributed by atoms with E-state index in [-0.39, 0.29) is 12.2 Å². The normalized spacial score (nSPS) is 12.4. The van der Waals surface area contributed by atoms with E-state index >= 15 is 0 Å². The molecule has 0 saturated carbocycles. The molecule has 2 aromatic carbocycles. The summed E-state index contributed by atoms with van der Waals surface area (Å²) >= 11 is 10.8. The Labute approximate surface area is 135 Å². The summed E-state index contributed by atoms with van der Waals surface area (Å²) in [5, 5.41) is 10.5. The zero-order valence-corrected chi connectivity index (χ0v) is 13.7. The summed E-state index contributed by atoms with van der Waals surface area (Å²) in [6.07, 6.45) is -0.361. The van der Waals surface area contributed by atoms with Gasteiger partial charge in [0.25, 0.3) is 0 Å². The first kappa shape index (κ1) is 15.8. The first-order valence-corrected chi connectivity index (χ1v) is 8.20. The highest BCUT2D eigenvalue weighted by atomic mass is 79.9. The number of benzene rings is 2. The second-order valence-electron chi connectivity index (χ2n) is 4.36. The molecule has 0 saturated heterocycles. The highest BCUT2D eigenvalue weighted by Crippen LogP contribution is 2.24. The van der Waals surface area contributed by atoms with E-state index in [9.17, 15) is 9.50 Å². The molecule has 1 atom stereocenters. The van der Waals surface area contributed by atoms with Gasteiger partial charge in [-0.1, -0.05) is 33.6 Å². The minimum Gasteiger partial charge on any atom is -0.392 e. The van der Waals surface area contributed by atoms with Crippen molar-refractivity contribution in [2.24, 2.45) is 0 Å². The van der Waals surface area contributed by atoms with Crippen LogP contribution in [0.3, 0.4) is 0 Å². The molecule has 0 radical (unpaired) electrons. The molecule has 0 heterocycles. The highest BCUT2D eigenvalue weighted by Gasteiger charge is 2.11. The Morgan fingerprint density at radius 2 is 2.05 bits per heavy atom. The maximum atomic E-state index is 13.6. The van der Waals surface area contributed by atoms with Crippen LogP contribution in [-0.4, -0.2) is 17.0 Å². The van der Waals surface area contributed by atoms with Crippen molar-refractivity contribution in [2.45, 2.75) is 17.4 Å². The lowest BCUT2D eigenvalue weighted by molar-refractivity contribution is 0.198. The number of aliphatic hydroxyl groups excluding tert-OH is 1. The predicted octanol–water partition coefficient (Wildman–Crippen LogP) is 4.94. The molecule has 0 spiro atoms. The van der Waals surface area contributed by atoms with Gasteiger partial charge < -0.3 is 5.11 Å². The Bertz CT molecular complexity index is 594. The van der Waals surface area contributed by atoms with Crippen LogP contribution in [0, 0.1) is 5.82 Å². The van der Waals surface area contributed by atoms with E-state index in [1.54, 1.807) is 6.07 Å². The molecule has 1 unspecified atom stereocenters. The monoisotopic (exact) mass is 374 g/mol. The SMILES string of the molecule is OC(CSc1cccc(Br)c1)Cc1cc(Cl)ccc1F. The molecule has 0 aliphatic rings. The number of halogens is 3. The number of thioether (sulfide) groups is 1. The number of rotatable bonds is 5. The Kier molecular flexibility index (Phi) is 5.90. The minimum atomic E-state index is -0.619. The quantitative estimate of drug-likeness (QED) is 0.747. The van der Waals surface area contributed by atoms with Crippen molar-refractivity contribution in [2.75, 3.05) is 5.75 Å². The van der Waals surface area contributed by atoms with Crippen molar-refractivity contribution in [3.05, 3.63) is 63.3 Å². The maximum Gasteiger partial charge on any atom is 0.126 e. The predicted molar refractivity (Wildman–Crippen MR) is 86.0 cm³/mol. The van der Waals surface area contributed by atoms with Crippen LogP contribution >= 0.6 is 39.3 Å². The van der Waals surface area contributed by atoms with Crippen LogP contribution in [0.5, 0.6) is 0 Å². The van der Waals surface area contributed by atoms with E-state index in [2.05, 4.69) is 15.9 Å². The van der Waals surface area contributed by atoms with Gasteiger partial charge in [0.2, 0.25) is 0 Å². The van der Waals surface area contributed by atoms with Gasteiger partial charge in [0.15, 0.2) is 0 Å². The molecular formula is C15H13BrClFOS. The molecule has 5 heteroatoms. The molecule has 2 rings (SSSR count). The van der Waals surface area contributed by atoms with Crippen LogP contribution in [0.1, 0.15) is 5.56 Å². The Hall–Kier alpha value is -0.550. The first-order chi connectivity index (χ1) is 9.54. The van der Waals surface area contributed by atoms with E-state index in [1.807, 2.05) is 24.3 Å². The highest BCUT2D eigenvalue weighted by molar-refractivity contribution is 9.10. The van der Waals surface area contributed by atoms with E-state index < -0.39 is 6.10 Å². The first-order valence-electron chi connectivity index (χ1n) is 6.05. The van der Waals surface area contributed by atoms with Gasteiger partial charge in [-0.2, -0.15) is 0 Å². The molecule has 0 aromatic heterocycles. The maximum absolute atomic E-state index is 13.6. The zero-order chi connectivity index (χ0) is 14.5. The molecule has 0 fully saturated rings. The number of hydrogen-bond acceptors (Lipinski definition) is 2. The minimum absolute atomic E-state index is 0.257. The standard InChI is InChI=1S/C15H13BrClFOS/c16-11-2-1-3-14(8-11)20-9-13(19)7-10-6-12(17)4-5-15(10)18/h1-6,8,13,19H,7,9H2. The average molecular weight is 376 g/mol. The van der Waals surface area contributed by atoms with Crippen molar-refractivity contribution in [3.8, 4) is 0 Å². The third-order valence-corrected chi connectivity index (χ3v) is 4.57. The molecule has 0 amide bonds. The Morgan fingerprint density at radius 3 is 2.80 bits per heavy atom. The van der Waals surface area contributed by atoms with Crippen LogP contribution in [-0.2, 0) is 6.42 Å². The van der Waals surface area contributed by atoms with Gasteiger partial charge >= 0.3 is 0 Å². The summed E-state index contributed by atoms with van der Waals surface area (Å²) in [6.45, 7) is 0. The molecule has 2 aromatic rings. The second kappa shape index (κ2) is 7.46. The van der Waals surface area contributed by atoms with Crippen molar-refractivity contribution >= 4 is 39.3 Å². The smallest absolute Gasteiger partial charge is 0.126 e. The zero-order valence-electron chi connectivity index (χ0n) is 10.5. The van der Waals surface area contributed by atoms with Crippen LogP contribution in [0.15, 0.2) is 51.8 Å². The fourth-order valence-electron chi connectivity index (χ4n) is 1.76. The Balaban J connectivity index is 1.92. The summed E-state index contributed by atoms with van der Waals surface area (Å²) in [7, 11) is 0. The van der Waals surface area contributed by atoms with Gasteiger partial charge in [-0.3, -0.25) is 0 Å². The van der Waals surface area contributed by atoms with Crippen LogP contribution in [0.4, 0.5) is 4.39 Å². The third kappa shape index (κ3) is 4.77. The molecule has 1 nitrogen and oxygen atoms in total. The topological polar surface area (TPSA) is 20.2 Å². The average Bonchev–Trinajstić information content (AvgIpc) is 2.41. The van der Waals surface area contributed by atoms with Crippen LogP contribution in [0.2, 0.25) is 5.02 Å². The fraction of sp³-hybridized carbons (Fsp3) is 0.200. The molecule has 0 aliphatic carbocycles. The van der Waals surface area contributed by atoms with Gasteiger partial charge in [0.05, 0.1) is 6.10 Å². The summed E-state index contributed by atoms with van der Waals surface area (Å²) < 4.78 is 14.6. The van der Waals surface area contributed by atoms with Gasteiger partial charge in [0.1, 0.15) is 5.82 Å². The second-order valence-corrected chi connectivity index (χ2v) is 6.81. The van der Waals surface area contributed by atoms with Crippen molar-refractivity contribution in [1.29, 1.82) is 0 Å². The van der Waals surface area contributed by atoms with Gasteiger partial charge in [0, 0.05) is 26.6 Å². The lowest BCUT2D eigenvalue weighted by Crippen LogP contribution is -2.14. The number of hydrogen-bond donors (Lipinski definition) is 1. The largest absolute Gasteiger partial charge is 0.392 e. The van der Waals surface area contributed by atoms with Crippen molar-refractivity contribution in [1.82, 2.24) is 0 Å². The molecule has 1 N–H and O–H groups in total. The molecule has 0 bridgehead atoms. The van der Waals surface area contributed by atoms with E-state index in [4.69, 9.17) is 11.6 Å². The fourth-order valence-corrected chi connectivity index (χ4v) is 3.39. The third-order valence-electron chi connectivity index (χ3n) is 2.70. The van der Waals surface area contributed by atoms with E-state index in [0.29, 0.717) is 16.3 Å². The summed E-state index contributed by atoms with van der Waals surface area (Å²) in [5.74, 6) is 0.170. The molecule has 106 valence electrons. The molecule has 20 heavy (non-hydrogen) atoms. The van der Waals surface area contributed by atoms with Crippen LogP contribution in [0.25, 0.3) is 0 Å². The molecule has 0 aliphatic heterocycles. The van der Waals surface area contributed by atoms with Crippen molar-refractivity contribution in [3.63, 3.8) is 0 Å². The number of aliphatic hydroxyl groups is 1. The van der Waals surface area contributed by atoms with Crippen LogP contribution < -0.4 is 0 Å². The summed E-state index contributed by atoms with van der Waals surface area (Å²) in [5.41, 5.74) is 0.444. The van der Waals surface area contributed by atoms with Gasteiger partial charge in [-0.25, -0.2) is 4.39 Å². The lowest BCUT2D eigenvalue weighted by Gasteiger charge is -2.11. The summed E-state index contributed by atoms with van der Waals surface area (Å²) in [6, 6.07) is 12.2. The lowest BCUT2D eigenvalue weighted by atomic mass is 10.1. The van der Waals surface area contributed by atoms with Crippen molar-refractivity contribution < 1.29 is 9.50 Å².